The van der Waals surface area contributed by atoms with Crippen LogP contribution in [0.4, 0.5) is 4.79 Å². The maximum Gasteiger partial charge on any atom is 0.314 e. The van der Waals surface area contributed by atoms with Crippen molar-refractivity contribution in [1.82, 2.24) is 4.90 Å². The molecule has 0 aromatic heterocycles. The predicted octanol–water partition coefficient (Wildman–Crippen LogP) is 1.80. The first-order valence-corrected chi connectivity index (χ1v) is 5.82. The fourth-order valence-corrected chi connectivity index (χ4v) is 2.08. The molecule has 0 unspecified atom stereocenters. The molecule has 1 aliphatic heterocycles. The van der Waals surface area contributed by atoms with E-state index >= 15 is 0 Å². The minimum atomic E-state index is -0.932. The van der Waals surface area contributed by atoms with Crippen LogP contribution in [0.3, 0.4) is 0 Å². The second-order valence-corrected chi connectivity index (χ2v) is 4.28. The van der Waals surface area contributed by atoms with Gasteiger partial charge in [-0.3, -0.25) is 9.59 Å². The number of rotatable bonds is 2. The van der Waals surface area contributed by atoms with Gasteiger partial charge in [-0.1, -0.05) is 24.6 Å². The molecule has 1 aliphatic rings. The van der Waals surface area contributed by atoms with Crippen LogP contribution in [-0.2, 0) is 4.79 Å². The molecule has 0 bridgehead atoms. The molecule has 1 rings (SSSR count). The van der Waals surface area contributed by atoms with Crippen LogP contribution in [0.15, 0.2) is 0 Å². The monoisotopic (exact) mass is 217 g/mol. The molecule has 1 saturated heterocycles. The van der Waals surface area contributed by atoms with E-state index in [1.165, 1.54) is 12.8 Å². The number of nitrogens with zero attached hydrogens (tertiary/aromatic N) is 1. The Hall–Kier alpha value is -0.710. The van der Waals surface area contributed by atoms with Crippen LogP contribution in [0.25, 0.3) is 0 Å². The van der Waals surface area contributed by atoms with Gasteiger partial charge in [-0.25, -0.2) is 0 Å². The van der Waals surface area contributed by atoms with Crippen molar-refractivity contribution in [1.29, 1.82) is 0 Å². The number of amides is 1. The molecule has 1 fully saturated rings. The van der Waals surface area contributed by atoms with E-state index in [1.807, 2.05) is 0 Å². The number of carbonyl (C=O) groups excluding carboxylic acids is 1. The largest absolute Gasteiger partial charge is 0.481 e. The van der Waals surface area contributed by atoms with Crippen molar-refractivity contribution < 1.29 is 14.7 Å². The van der Waals surface area contributed by atoms with Gasteiger partial charge in [0.1, 0.15) is 5.75 Å². The molecule has 0 atom stereocenters. The van der Waals surface area contributed by atoms with Crippen LogP contribution in [0.2, 0.25) is 0 Å². The van der Waals surface area contributed by atoms with Crippen molar-refractivity contribution in [3.05, 3.63) is 0 Å². The predicted molar refractivity (Wildman–Crippen MR) is 55.5 cm³/mol. The average molecular weight is 217 g/mol. The van der Waals surface area contributed by atoms with Crippen LogP contribution < -0.4 is 0 Å². The quantitative estimate of drug-likeness (QED) is 0.766. The van der Waals surface area contributed by atoms with Crippen LogP contribution in [0, 0.1) is 0 Å². The summed E-state index contributed by atoms with van der Waals surface area (Å²) in [7, 11) is 0. The van der Waals surface area contributed by atoms with Crippen molar-refractivity contribution in [2.45, 2.75) is 25.7 Å². The third-order valence-electron chi connectivity index (χ3n) is 2.18. The highest BCUT2D eigenvalue weighted by atomic mass is 32.2. The first-order chi connectivity index (χ1) is 6.70. The molecule has 14 heavy (non-hydrogen) atoms. The number of hydrogen-bond donors (Lipinski definition) is 1. The zero-order valence-corrected chi connectivity index (χ0v) is 8.89. The van der Waals surface area contributed by atoms with E-state index in [9.17, 15) is 9.59 Å². The molecule has 0 aliphatic carbocycles. The first-order valence-electron chi connectivity index (χ1n) is 4.83. The molecule has 0 radical (unpaired) electrons. The van der Waals surface area contributed by atoms with E-state index in [4.69, 9.17) is 5.11 Å². The van der Waals surface area contributed by atoms with Crippen LogP contribution in [-0.4, -0.2) is 40.1 Å². The Morgan fingerprint density at radius 3 is 2.21 bits per heavy atom. The number of carboxylic acids is 1. The van der Waals surface area contributed by atoms with Crippen LogP contribution >= 0.6 is 11.8 Å². The lowest BCUT2D eigenvalue weighted by Gasteiger charge is -2.18. The summed E-state index contributed by atoms with van der Waals surface area (Å²) in [6.07, 6.45) is 4.43. The van der Waals surface area contributed by atoms with Crippen LogP contribution in [0.5, 0.6) is 0 Å². The van der Waals surface area contributed by atoms with Gasteiger partial charge < -0.3 is 10.0 Å². The Kier molecular flexibility index (Phi) is 4.79. The van der Waals surface area contributed by atoms with Crippen LogP contribution in [0.1, 0.15) is 25.7 Å². The van der Waals surface area contributed by atoms with Crippen molar-refractivity contribution in [3.63, 3.8) is 0 Å². The summed E-state index contributed by atoms with van der Waals surface area (Å²) in [6, 6.07) is 0. The van der Waals surface area contributed by atoms with E-state index in [-0.39, 0.29) is 11.0 Å². The van der Waals surface area contributed by atoms with Gasteiger partial charge in [0.05, 0.1) is 0 Å². The Labute approximate surface area is 87.7 Å². The normalized spacial score (nSPS) is 17.6. The molecule has 4 nitrogen and oxygen atoms in total. The lowest BCUT2D eigenvalue weighted by Crippen LogP contribution is -2.29. The summed E-state index contributed by atoms with van der Waals surface area (Å²) < 4.78 is 0. The summed E-state index contributed by atoms with van der Waals surface area (Å²) in [5, 5.41) is 8.34. The second-order valence-electron chi connectivity index (χ2n) is 3.35. The molecule has 1 heterocycles. The summed E-state index contributed by atoms with van der Waals surface area (Å²) in [5.74, 6) is -1.06. The average Bonchev–Trinajstić information content (AvgIpc) is 2.42. The summed E-state index contributed by atoms with van der Waals surface area (Å²) >= 11 is 0.888. The number of thioether (sulfide) groups is 1. The Balaban J connectivity index is 2.30. The SMILES string of the molecule is O=C(O)CSC(=O)N1CCCCCC1. The number of likely N-dealkylation sites (tertiary alicyclic amines) is 1. The Morgan fingerprint density at radius 2 is 1.71 bits per heavy atom. The van der Waals surface area contributed by atoms with E-state index in [1.54, 1.807) is 4.90 Å². The first kappa shape index (κ1) is 11.4. The highest BCUT2D eigenvalue weighted by molar-refractivity contribution is 8.14. The molecule has 80 valence electrons. The molecule has 1 amide bonds. The smallest absolute Gasteiger partial charge is 0.314 e. The number of aliphatic carboxylic acids is 1. The maximum absolute atomic E-state index is 11.5. The molecule has 0 aromatic rings. The van der Waals surface area contributed by atoms with Gasteiger partial charge in [-0.05, 0) is 12.8 Å². The Bertz CT molecular complexity index is 212. The molecule has 0 aromatic carbocycles. The van der Waals surface area contributed by atoms with Gasteiger partial charge in [0.25, 0.3) is 5.24 Å². The lowest BCUT2D eigenvalue weighted by atomic mass is 10.2. The molecular weight excluding hydrogens is 202 g/mol. The van der Waals surface area contributed by atoms with Crippen molar-refractivity contribution in [2.24, 2.45) is 0 Å². The molecule has 0 spiro atoms. The summed E-state index contributed by atoms with van der Waals surface area (Å²) in [6.45, 7) is 1.57. The summed E-state index contributed by atoms with van der Waals surface area (Å²) in [5.41, 5.74) is 0. The van der Waals surface area contributed by atoms with E-state index < -0.39 is 5.97 Å². The zero-order valence-electron chi connectivity index (χ0n) is 8.07. The third-order valence-corrected chi connectivity index (χ3v) is 3.08. The van der Waals surface area contributed by atoms with Gasteiger partial charge in [0.15, 0.2) is 0 Å². The van der Waals surface area contributed by atoms with Gasteiger partial charge in [-0.2, -0.15) is 0 Å². The van der Waals surface area contributed by atoms with Gasteiger partial charge in [0.2, 0.25) is 0 Å². The topological polar surface area (TPSA) is 57.6 Å². The van der Waals surface area contributed by atoms with Crippen molar-refractivity contribution in [3.8, 4) is 0 Å². The maximum atomic E-state index is 11.5. The standard InChI is InChI=1S/C9H15NO3S/c11-8(12)7-14-9(13)10-5-3-1-2-4-6-10/h1-7H2,(H,11,12). The molecule has 1 N–H and O–H groups in total. The van der Waals surface area contributed by atoms with Crippen molar-refractivity contribution in [2.75, 3.05) is 18.8 Å². The van der Waals surface area contributed by atoms with Gasteiger partial charge in [0, 0.05) is 13.1 Å². The Morgan fingerprint density at radius 1 is 1.14 bits per heavy atom. The van der Waals surface area contributed by atoms with Gasteiger partial charge >= 0.3 is 5.97 Å². The second kappa shape index (κ2) is 5.90. The zero-order chi connectivity index (χ0) is 10.4. The number of carboxylic acid groups (broad SMARTS) is 1. The van der Waals surface area contributed by atoms with E-state index in [0.29, 0.717) is 0 Å². The number of hydrogen-bond acceptors (Lipinski definition) is 3. The lowest BCUT2D eigenvalue weighted by molar-refractivity contribution is -0.133. The highest BCUT2D eigenvalue weighted by Crippen LogP contribution is 2.15. The third kappa shape index (κ3) is 4.00. The molecule has 5 heteroatoms. The minimum absolute atomic E-state index is 0.0886. The number of carbonyl (C=O) groups is 2. The fraction of sp³-hybridized carbons (Fsp3) is 0.778. The van der Waals surface area contributed by atoms with E-state index in [0.717, 1.165) is 37.7 Å². The van der Waals surface area contributed by atoms with Gasteiger partial charge in [-0.15, -0.1) is 0 Å². The molecule has 0 saturated carbocycles. The van der Waals surface area contributed by atoms with E-state index in [2.05, 4.69) is 0 Å². The minimum Gasteiger partial charge on any atom is -0.481 e. The fourth-order valence-electron chi connectivity index (χ4n) is 1.47. The van der Waals surface area contributed by atoms with Crippen molar-refractivity contribution >= 4 is 23.0 Å². The highest BCUT2D eigenvalue weighted by Gasteiger charge is 2.16. The molecular formula is C9H15NO3S. The summed E-state index contributed by atoms with van der Waals surface area (Å²) in [4.78, 5) is 23.5.